The summed E-state index contributed by atoms with van der Waals surface area (Å²) in [6.45, 7) is 0. The molecule has 0 spiro atoms. The van der Waals surface area contributed by atoms with Crippen molar-refractivity contribution in [1.29, 1.82) is 0 Å². The monoisotopic (exact) mass is 299 g/mol. The van der Waals surface area contributed by atoms with E-state index in [2.05, 4.69) is 10.4 Å². The van der Waals surface area contributed by atoms with Crippen LogP contribution in [0, 0.1) is 11.6 Å². The fraction of sp³-hybridized carbons (Fsp3) is 0. The van der Waals surface area contributed by atoms with Crippen molar-refractivity contribution < 1.29 is 13.6 Å². The third-order valence-electron chi connectivity index (χ3n) is 3.04. The van der Waals surface area contributed by atoms with Gasteiger partial charge in [-0.1, -0.05) is 0 Å². The van der Waals surface area contributed by atoms with Gasteiger partial charge in [0.15, 0.2) is 0 Å². The van der Waals surface area contributed by atoms with Gasteiger partial charge in [0.2, 0.25) is 5.91 Å². The number of halogens is 2. The molecule has 4 nitrogen and oxygen atoms in total. The fourth-order valence-electron chi connectivity index (χ4n) is 1.99. The van der Waals surface area contributed by atoms with Crippen LogP contribution in [-0.2, 0) is 4.79 Å². The van der Waals surface area contributed by atoms with Gasteiger partial charge in [-0.15, -0.1) is 0 Å². The minimum atomic E-state index is -0.592. The van der Waals surface area contributed by atoms with E-state index in [9.17, 15) is 13.6 Å². The van der Waals surface area contributed by atoms with E-state index in [1.807, 2.05) is 0 Å². The molecule has 1 aromatic carbocycles. The zero-order valence-electron chi connectivity index (χ0n) is 11.3. The smallest absolute Gasteiger partial charge is 0.248 e. The largest absolute Gasteiger partial charge is 0.322 e. The van der Waals surface area contributed by atoms with Crippen molar-refractivity contribution in [2.75, 3.05) is 5.32 Å². The van der Waals surface area contributed by atoms with Crippen molar-refractivity contribution in [1.82, 2.24) is 9.61 Å². The van der Waals surface area contributed by atoms with Crippen LogP contribution in [0.2, 0.25) is 0 Å². The molecule has 0 aliphatic heterocycles. The molecule has 22 heavy (non-hydrogen) atoms. The fourth-order valence-corrected chi connectivity index (χ4v) is 1.99. The van der Waals surface area contributed by atoms with Crippen molar-refractivity contribution in [2.24, 2.45) is 0 Å². The van der Waals surface area contributed by atoms with Crippen LogP contribution in [0.4, 0.5) is 14.5 Å². The third kappa shape index (κ3) is 3.01. The number of pyridine rings is 1. The van der Waals surface area contributed by atoms with E-state index < -0.39 is 17.5 Å². The first-order valence-electron chi connectivity index (χ1n) is 6.49. The molecule has 2 heterocycles. The lowest BCUT2D eigenvalue weighted by Gasteiger charge is -2.03. The summed E-state index contributed by atoms with van der Waals surface area (Å²) >= 11 is 0. The SMILES string of the molecule is O=C(/C=C/c1cc(F)ccc1F)Nc1ccn2nccc2c1. The van der Waals surface area contributed by atoms with Crippen molar-refractivity contribution in [3.63, 3.8) is 0 Å². The van der Waals surface area contributed by atoms with Gasteiger partial charge in [-0.25, -0.2) is 13.3 Å². The first kappa shape index (κ1) is 13.9. The number of hydrogen-bond donors (Lipinski definition) is 1. The molecule has 0 fully saturated rings. The zero-order valence-corrected chi connectivity index (χ0v) is 11.3. The molecule has 3 rings (SSSR count). The van der Waals surface area contributed by atoms with Crippen LogP contribution < -0.4 is 5.32 Å². The maximum atomic E-state index is 13.4. The maximum Gasteiger partial charge on any atom is 0.248 e. The van der Waals surface area contributed by atoms with Crippen molar-refractivity contribution >= 4 is 23.2 Å². The standard InChI is InChI=1S/C16H11F2N3O/c17-12-2-3-15(18)11(9-12)1-4-16(22)20-13-6-8-21-14(10-13)5-7-19-21/h1-10H,(H,20,22)/b4-1+. The van der Waals surface area contributed by atoms with Crippen molar-refractivity contribution in [3.05, 3.63) is 72.1 Å². The predicted molar refractivity (Wildman–Crippen MR) is 79.2 cm³/mol. The Bertz CT molecular complexity index is 871. The Hall–Kier alpha value is -3.02. The van der Waals surface area contributed by atoms with Crippen LogP contribution in [-0.4, -0.2) is 15.5 Å². The number of rotatable bonds is 3. The molecule has 1 N–H and O–H groups in total. The molecule has 1 amide bonds. The highest BCUT2D eigenvalue weighted by atomic mass is 19.1. The van der Waals surface area contributed by atoms with E-state index in [1.54, 1.807) is 35.1 Å². The van der Waals surface area contributed by atoms with Gasteiger partial charge >= 0.3 is 0 Å². The Balaban J connectivity index is 1.74. The molecule has 3 aromatic rings. The second-order valence-electron chi connectivity index (χ2n) is 4.60. The van der Waals surface area contributed by atoms with E-state index in [-0.39, 0.29) is 5.56 Å². The number of anilines is 1. The summed E-state index contributed by atoms with van der Waals surface area (Å²) in [6, 6.07) is 8.30. The number of fused-ring (bicyclic) bond motifs is 1. The average molecular weight is 299 g/mol. The van der Waals surface area contributed by atoms with Gasteiger partial charge in [-0.2, -0.15) is 5.10 Å². The molecule has 0 saturated carbocycles. The normalized spacial score (nSPS) is 11.2. The molecular weight excluding hydrogens is 288 g/mol. The highest BCUT2D eigenvalue weighted by Gasteiger charge is 2.03. The molecule has 110 valence electrons. The summed E-state index contributed by atoms with van der Waals surface area (Å²) in [7, 11) is 0. The van der Waals surface area contributed by atoms with Crippen molar-refractivity contribution in [2.45, 2.75) is 0 Å². The van der Waals surface area contributed by atoms with Crippen LogP contribution in [0.3, 0.4) is 0 Å². The van der Waals surface area contributed by atoms with E-state index in [0.29, 0.717) is 5.69 Å². The number of hydrogen-bond acceptors (Lipinski definition) is 2. The second kappa shape index (κ2) is 5.77. The Morgan fingerprint density at radius 1 is 1.18 bits per heavy atom. The number of amides is 1. The van der Waals surface area contributed by atoms with Crippen LogP contribution in [0.25, 0.3) is 11.6 Å². The van der Waals surface area contributed by atoms with E-state index in [1.165, 1.54) is 6.08 Å². The molecule has 0 atom stereocenters. The van der Waals surface area contributed by atoms with Crippen LogP contribution in [0.15, 0.2) is 54.9 Å². The lowest BCUT2D eigenvalue weighted by molar-refractivity contribution is -0.111. The van der Waals surface area contributed by atoms with Gasteiger partial charge in [-0.3, -0.25) is 4.79 Å². The minimum absolute atomic E-state index is 0.0152. The highest BCUT2D eigenvalue weighted by Crippen LogP contribution is 2.13. The lowest BCUT2D eigenvalue weighted by Crippen LogP contribution is -2.08. The molecule has 2 aromatic heterocycles. The number of benzene rings is 1. The molecule has 0 aliphatic carbocycles. The van der Waals surface area contributed by atoms with Gasteiger partial charge < -0.3 is 5.32 Å². The Labute approximate surface area is 124 Å². The third-order valence-corrected chi connectivity index (χ3v) is 3.04. The van der Waals surface area contributed by atoms with E-state index >= 15 is 0 Å². The summed E-state index contributed by atoms with van der Waals surface area (Å²) in [5, 5.41) is 6.69. The van der Waals surface area contributed by atoms with Crippen LogP contribution in [0.1, 0.15) is 5.56 Å². The van der Waals surface area contributed by atoms with E-state index in [4.69, 9.17) is 0 Å². The average Bonchev–Trinajstić information content (AvgIpc) is 2.96. The minimum Gasteiger partial charge on any atom is -0.322 e. The van der Waals surface area contributed by atoms with Gasteiger partial charge in [0.25, 0.3) is 0 Å². The lowest BCUT2D eigenvalue weighted by atomic mass is 10.2. The molecule has 0 unspecified atom stereocenters. The van der Waals surface area contributed by atoms with Crippen LogP contribution >= 0.6 is 0 Å². The Kier molecular flexibility index (Phi) is 3.65. The van der Waals surface area contributed by atoms with Gasteiger partial charge in [0.1, 0.15) is 11.6 Å². The van der Waals surface area contributed by atoms with E-state index in [0.717, 1.165) is 29.8 Å². The number of nitrogens with zero attached hydrogens (tertiary/aromatic N) is 2. The summed E-state index contributed by atoms with van der Waals surface area (Å²) in [5.74, 6) is -1.59. The zero-order chi connectivity index (χ0) is 15.5. The molecular formula is C16H11F2N3O. The molecule has 0 bridgehead atoms. The second-order valence-corrected chi connectivity index (χ2v) is 4.60. The predicted octanol–water partition coefficient (Wildman–Crippen LogP) is 3.26. The number of carbonyl (C=O) groups excluding carboxylic acids is 1. The molecule has 6 heteroatoms. The quantitative estimate of drug-likeness (QED) is 0.755. The Morgan fingerprint density at radius 3 is 2.91 bits per heavy atom. The Morgan fingerprint density at radius 2 is 2.05 bits per heavy atom. The van der Waals surface area contributed by atoms with Gasteiger partial charge in [0, 0.05) is 29.7 Å². The maximum absolute atomic E-state index is 13.4. The first-order chi connectivity index (χ1) is 10.6. The highest BCUT2D eigenvalue weighted by molar-refractivity contribution is 6.02. The summed E-state index contributed by atoms with van der Waals surface area (Å²) < 4.78 is 28.1. The molecule has 0 radical (unpaired) electrons. The molecule has 0 aliphatic rings. The number of carbonyl (C=O) groups is 1. The molecule has 0 saturated heterocycles. The number of aromatic nitrogens is 2. The van der Waals surface area contributed by atoms with Gasteiger partial charge in [-0.05, 0) is 42.5 Å². The summed E-state index contributed by atoms with van der Waals surface area (Å²) in [4.78, 5) is 11.8. The van der Waals surface area contributed by atoms with Gasteiger partial charge in [0.05, 0.1) is 5.52 Å². The summed E-state index contributed by atoms with van der Waals surface area (Å²) in [5.41, 5.74) is 1.43. The van der Waals surface area contributed by atoms with Crippen molar-refractivity contribution in [3.8, 4) is 0 Å². The number of nitrogens with one attached hydrogen (secondary N) is 1. The topological polar surface area (TPSA) is 46.4 Å². The van der Waals surface area contributed by atoms with Crippen LogP contribution in [0.5, 0.6) is 0 Å². The first-order valence-corrected chi connectivity index (χ1v) is 6.49. The summed E-state index contributed by atoms with van der Waals surface area (Å²) in [6.07, 6.45) is 5.73.